The molecule has 190 valence electrons. The first kappa shape index (κ1) is 26.0. The molecule has 3 aromatic rings. The Morgan fingerprint density at radius 3 is 2.38 bits per heavy atom. The summed E-state index contributed by atoms with van der Waals surface area (Å²) >= 11 is 1.25. The lowest BCUT2D eigenvalue weighted by molar-refractivity contribution is -0.116. The van der Waals surface area contributed by atoms with Gasteiger partial charge in [0.05, 0.1) is 25.7 Å². The number of ketones is 1. The molecule has 0 N–H and O–H groups in total. The van der Waals surface area contributed by atoms with Crippen LogP contribution in [-0.2, 0) is 16.0 Å². The SMILES string of the molecule is COc1ccc(OC)c(CC(=O)CSC2=NC(=Cc3ccc(N(C)C)cc3)C(=O)N2c2ccccc2)c1. The van der Waals surface area contributed by atoms with Gasteiger partial charge in [-0.25, -0.2) is 4.99 Å². The van der Waals surface area contributed by atoms with Crippen molar-refractivity contribution in [3.05, 3.63) is 89.6 Å². The molecule has 1 amide bonds. The second-order valence-electron chi connectivity index (χ2n) is 8.57. The van der Waals surface area contributed by atoms with Crippen molar-refractivity contribution in [3.8, 4) is 11.5 Å². The number of benzene rings is 3. The third-order valence-corrected chi connectivity index (χ3v) is 6.79. The summed E-state index contributed by atoms with van der Waals surface area (Å²) in [6.45, 7) is 0. The van der Waals surface area contributed by atoms with E-state index >= 15 is 0 Å². The average molecular weight is 516 g/mol. The molecule has 8 heteroatoms. The molecule has 0 atom stereocenters. The fourth-order valence-corrected chi connectivity index (χ4v) is 4.73. The van der Waals surface area contributed by atoms with Crippen LogP contribution in [0.5, 0.6) is 11.5 Å². The fourth-order valence-electron chi connectivity index (χ4n) is 3.85. The first-order valence-electron chi connectivity index (χ1n) is 11.7. The third-order valence-electron chi connectivity index (χ3n) is 5.79. The van der Waals surface area contributed by atoms with Crippen molar-refractivity contribution >= 4 is 46.1 Å². The number of nitrogens with zero attached hydrogens (tertiary/aromatic N) is 3. The lowest BCUT2D eigenvalue weighted by Crippen LogP contribution is -2.30. The summed E-state index contributed by atoms with van der Waals surface area (Å²) in [6, 6.07) is 22.6. The highest BCUT2D eigenvalue weighted by atomic mass is 32.2. The van der Waals surface area contributed by atoms with Crippen LogP contribution in [0.1, 0.15) is 11.1 Å². The summed E-state index contributed by atoms with van der Waals surface area (Å²) in [5.41, 5.74) is 3.71. The third kappa shape index (κ3) is 6.21. The van der Waals surface area contributed by atoms with Gasteiger partial charge in [-0.15, -0.1) is 0 Å². The standard InChI is InChI=1S/C29H29N3O4S/c1-31(2)22-12-10-20(11-13-22)16-26-28(34)32(23-8-6-5-7-9-23)29(30-26)37-19-24(33)17-21-18-25(35-3)14-15-27(21)36-4/h5-16,18H,17,19H2,1-4H3. The number of amides is 1. The zero-order valence-electron chi connectivity index (χ0n) is 21.3. The lowest BCUT2D eigenvalue weighted by atomic mass is 10.1. The van der Waals surface area contributed by atoms with Gasteiger partial charge in [-0.05, 0) is 54.1 Å². The van der Waals surface area contributed by atoms with Crippen LogP contribution in [0.25, 0.3) is 6.08 Å². The number of hydrogen-bond donors (Lipinski definition) is 0. The maximum absolute atomic E-state index is 13.4. The number of Topliss-reactive ketones (excluding diaryl/α,β-unsaturated/α-hetero) is 1. The number of methoxy groups -OCH3 is 2. The molecule has 1 aliphatic heterocycles. The van der Waals surface area contributed by atoms with Crippen molar-refractivity contribution in [3.63, 3.8) is 0 Å². The van der Waals surface area contributed by atoms with Crippen LogP contribution in [0.2, 0.25) is 0 Å². The van der Waals surface area contributed by atoms with Gasteiger partial charge in [0.1, 0.15) is 23.0 Å². The average Bonchev–Trinajstić information content (AvgIpc) is 3.22. The topological polar surface area (TPSA) is 71.4 Å². The number of aliphatic imine (C=N–C) groups is 1. The Morgan fingerprint density at radius 2 is 1.73 bits per heavy atom. The van der Waals surface area contributed by atoms with Crippen molar-refractivity contribution in [1.82, 2.24) is 0 Å². The normalized spacial score (nSPS) is 14.1. The quantitative estimate of drug-likeness (QED) is 0.371. The van der Waals surface area contributed by atoms with Crippen molar-refractivity contribution < 1.29 is 19.1 Å². The van der Waals surface area contributed by atoms with Gasteiger partial charge < -0.3 is 14.4 Å². The highest BCUT2D eigenvalue weighted by Gasteiger charge is 2.32. The van der Waals surface area contributed by atoms with E-state index in [0.717, 1.165) is 16.8 Å². The van der Waals surface area contributed by atoms with E-state index in [0.29, 0.717) is 28.1 Å². The van der Waals surface area contributed by atoms with E-state index in [1.54, 1.807) is 43.4 Å². The molecule has 0 bridgehead atoms. The Kier molecular flexibility index (Phi) is 8.30. The Morgan fingerprint density at radius 1 is 1.00 bits per heavy atom. The van der Waals surface area contributed by atoms with E-state index < -0.39 is 0 Å². The molecule has 1 aliphatic rings. The van der Waals surface area contributed by atoms with Crippen LogP contribution in [-0.4, -0.2) is 50.9 Å². The minimum atomic E-state index is -0.229. The van der Waals surface area contributed by atoms with Gasteiger partial charge in [-0.1, -0.05) is 42.1 Å². The number of hydrogen-bond acceptors (Lipinski definition) is 7. The summed E-state index contributed by atoms with van der Waals surface area (Å²) in [5.74, 6) is 1.19. The van der Waals surface area contributed by atoms with Crippen molar-refractivity contribution in [2.24, 2.45) is 4.99 Å². The molecule has 0 aromatic heterocycles. The maximum Gasteiger partial charge on any atom is 0.283 e. The molecule has 7 nitrogen and oxygen atoms in total. The second kappa shape index (κ2) is 11.8. The fraction of sp³-hybridized carbons (Fsp3) is 0.207. The Bertz CT molecular complexity index is 1340. The van der Waals surface area contributed by atoms with Crippen LogP contribution < -0.4 is 19.3 Å². The van der Waals surface area contributed by atoms with Gasteiger partial charge in [0.2, 0.25) is 0 Å². The van der Waals surface area contributed by atoms with E-state index in [4.69, 9.17) is 9.47 Å². The summed E-state index contributed by atoms with van der Waals surface area (Å²) in [7, 11) is 7.11. The minimum Gasteiger partial charge on any atom is -0.497 e. The van der Waals surface area contributed by atoms with Gasteiger partial charge >= 0.3 is 0 Å². The number of para-hydroxylation sites is 1. The largest absolute Gasteiger partial charge is 0.497 e. The Hall–Kier alpha value is -4.04. The monoisotopic (exact) mass is 515 g/mol. The smallest absolute Gasteiger partial charge is 0.283 e. The molecule has 0 fully saturated rings. The predicted octanol–water partition coefficient (Wildman–Crippen LogP) is 5.06. The number of rotatable bonds is 9. The van der Waals surface area contributed by atoms with Crippen LogP contribution in [0.3, 0.4) is 0 Å². The molecular formula is C29H29N3O4S. The molecule has 0 radical (unpaired) electrons. The number of ether oxygens (including phenoxy) is 2. The minimum absolute atomic E-state index is 0.0172. The summed E-state index contributed by atoms with van der Waals surface area (Å²) < 4.78 is 10.7. The summed E-state index contributed by atoms with van der Waals surface area (Å²) in [6.07, 6.45) is 1.95. The zero-order chi connectivity index (χ0) is 26.4. The second-order valence-corrected chi connectivity index (χ2v) is 9.51. The molecule has 1 heterocycles. The first-order chi connectivity index (χ1) is 17.9. The molecule has 0 unspecified atom stereocenters. The molecule has 0 aliphatic carbocycles. The van der Waals surface area contributed by atoms with E-state index in [9.17, 15) is 9.59 Å². The van der Waals surface area contributed by atoms with Gasteiger partial charge in [0, 0.05) is 31.8 Å². The molecular weight excluding hydrogens is 486 g/mol. The van der Waals surface area contributed by atoms with E-state index in [-0.39, 0.29) is 23.9 Å². The number of amidine groups is 1. The van der Waals surface area contributed by atoms with Gasteiger partial charge in [-0.3, -0.25) is 14.5 Å². The van der Waals surface area contributed by atoms with Crippen LogP contribution >= 0.6 is 11.8 Å². The highest BCUT2D eigenvalue weighted by Crippen LogP contribution is 2.30. The van der Waals surface area contributed by atoms with E-state index in [1.807, 2.05) is 73.6 Å². The van der Waals surface area contributed by atoms with Gasteiger partial charge in [0.15, 0.2) is 5.17 Å². The molecule has 4 rings (SSSR count). The number of thioether (sulfide) groups is 1. The van der Waals surface area contributed by atoms with Gasteiger partial charge in [-0.2, -0.15) is 0 Å². The Labute approximate surface area is 221 Å². The summed E-state index contributed by atoms with van der Waals surface area (Å²) in [4.78, 5) is 34.5. The predicted molar refractivity (Wildman–Crippen MR) is 151 cm³/mol. The van der Waals surface area contributed by atoms with Crippen molar-refractivity contribution in [2.75, 3.05) is 43.9 Å². The maximum atomic E-state index is 13.4. The number of carbonyl (C=O) groups is 2. The van der Waals surface area contributed by atoms with E-state index in [2.05, 4.69) is 4.99 Å². The Balaban J connectivity index is 1.55. The molecule has 3 aromatic carbocycles. The van der Waals surface area contributed by atoms with Crippen LogP contribution in [0, 0.1) is 0 Å². The van der Waals surface area contributed by atoms with E-state index in [1.165, 1.54) is 11.8 Å². The van der Waals surface area contributed by atoms with Crippen LogP contribution in [0.4, 0.5) is 11.4 Å². The number of anilines is 2. The molecule has 0 saturated heterocycles. The highest BCUT2D eigenvalue weighted by molar-refractivity contribution is 8.14. The molecule has 37 heavy (non-hydrogen) atoms. The van der Waals surface area contributed by atoms with Crippen molar-refractivity contribution in [1.29, 1.82) is 0 Å². The zero-order valence-corrected chi connectivity index (χ0v) is 22.1. The molecule has 0 saturated carbocycles. The van der Waals surface area contributed by atoms with Gasteiger partial charge in [0.25, 0.3) is 5.91 Å². The number of carbonyl (C=O) groups excluding carboxylic acids is 2. The molecule has 0 spiro atoms. The first-order valence-corrected chi connectivity index (χ1v) is 12.7. The van der Waals surface area contributed by atoms with Crippen LogP contribution in [0.15, 0.2) is 83.5 Å². The lowest BCUT2D eigenvalue weighted by Gasteiger charge is -2.17. The van der Waals surface area contributed by atoms with Crippen molar-refractivity contribution in [2.45, 2.75) is 6.42 Å². The summed E-state index contributed by atoms with van der Waals surface area (Å²) in [5, 5.41) is 0.471.